The zero-order chi connectivity index (χ0) is 19.1. The van der Waals surface area contributed by atoms with Crippen LogP contribution in [0.4, 0.5) is 20.3 Å². The quantitative estimate of drug-likeness (QED) is 0.439. The van der Waals surface area contributed by atoms with Crippen molar-refractivity contribution in [2.75, 3.05) is 17.7 Å². The highest BCUT2D eigenvalue weighted by Crippen LogP contribution is 2.26. The first-order chi connectivity index (χ1) is 12.4. The molecular weight excluding hydrogens is 340 g/mol. The van der Waals surface area contributed by atoms with Crippen LogP contribution in [0.3, 0.4) is 0 Å². The molecule has 0 aliphatic carbocycles. The first kappa shape index (κ1) is 19.4. The number of amides is 1. The summed E-state index contributed by atoms with van der Waals surface area (Å²) >= 11 is 0. The smallest absolute Gasteiger partial charge is 0.259 e. The second-order valence-electron chi connectivity index (χ2n) is 5.66. The number of benzene rings is 1. The number of nitrogens with two attached hydrogens (primary N) is 1. The number of pyridine rings is 1. The minimum Gasteiger partial charge on any atom is -0.490 e. The Morgan fingerprint density at radius 2 is 2.15 bits per heavy atom. The van der Waals surface area contributed by atoms with Gasteiger partial charge in [-0.25, -0.2) is 9.37 Å². The fraction of sp³-hybridized carbons (Fsp3) is 0.263. The van der Waals surface area contributed by atoms with Crippen molar-refractivity contribution in [3.05, 3.63) is 59.3 Å². The summed E-state index contributed by atoms with van der Waals surface area (Å²) in [5.74, 6) is -2.33. The van der Waals surface area contributed by atoms with Crippen LogP contribution in [0.25, 0.3) is 0 Å². The lowest BCUT2D eigenvalue weighted by molar-refractivity contribution is 0.102. The van der Waals surface area contributed by atoms with Crippen LogP contribution in [-0.2, 0) is 0 Å². The maximum absolute atomic E-state index is 14.5. The number of carbonyl (C=O) groups excluding carboxylic acids is 1. The third-order valence-corrected chi connectivity index (χ3v) is 3.65. The van der Waals surface area contributed by atoms with Gasteiger partial charge in [-0.1, -0.05) is 18.2 Å². The van der Waals surface area contributed by atoms with Crippen molar-refractivity contribution in [2.45, 2.75) is 26.7 Å². The Bertz CT molecular complexity index is 823. The molecule has 7 heteroatoms. The van der Waals surface area contributed by atoms with Crippen molar-refractivity contribution in [3.63, 3.8) is 0 Å². The van der Waals surface area contributed by atoms with Crippen molar-refractivity contribution in [2.24, 2.45) is 0 Å². The molecule has 1 heterocycles. The van der Waals surface area contributed by atoms with Gasteiger partial charge in [-0.05, 0) is 44.9 Å². The van der Waals surface area contributed by atoms with E-state index in [1.54, 1.807) is 6.07 Å². The molecule has 0 aliphatic heterocycles. The van der Waals surface area contributed by atoms with Crippen molar-refractivity contribution < 1.29 is 18.3 Å². The van der Waals surface area contributed by atoms with Crippen LogP contribution in [0, 0.1) is 18.7 Å². The van der Waals surface area contributed by atoms with Gasteiger partial charge in [0.2, 0.25) is 5.95 Å². The lowest BCUT2D eigenvalue weighted by Gasteiger charge is -2.12. The monoisotopic (exact) mass is 361 g/mol. The number of hydrogen-bond acceptors (Lipinski definition) is 4. The van der Waals surface area contributed by atoms with Gasteiger partial charge in [-0.2, -0.15) is 4.39 Å². The molecule has 26 heavy (non-hydrogen) atoms. The summed E-state index contributed by atoms with van der Waals surface area (Å²) in [6, 6.07) is 5.72. The van der Waals surface area contributed by atoms with Gasteiger partial charge in [0.05, 0.1) is 17.9 Å². The Balaban J connectivity index is 2.11. The maximum atomic E-state index is 14.5. The third kappa shape index (κ3) is 4.78. The molecule has 3 N–H and O–H groups in total. The summed E-state index contributed by atoms with van der Waals surface area (Å²) in [6.07, 6.45) is 5.52. The van der Waals surface area contributed by atoms with Gasteiger partial charge in [0.1, 0.15) is 5.82 Å². The number of carbonyl (C=O) groups is 1. The number of hydrogen-bond donors (Lipinski definition) is 2. The number of nitrogens with zero attached hydrogens (tertiary/aromatic N) is 1. The van der Waals surface area contributed by atoms with Crippen LogP contribution in [0.5, 0.6) is 5.75 Å². The van der Waals surface area contributed by atoms with Gasteiger partial charge in [0.15, 0.2) is 11.6 Å². The van der Waals surface area contributed by atoms with E-state index in [9.17, 15) is 13.6 Å². The molecule has 0 fully saturated rings. The molecule has 0 saturated heterocycles. The van der Waals surface area contributed by atoms with Crippen LogP contribution in [0.2, 0.25) is 0 Å². The maximum Gasteiger partial charge on any atom is 0.259 e. The van der Waals surface area contributed by atoms with E-state index in [1.165, 1.54) is 25.1 Å². The molecule has 0 aliphatic rings. The Hall–Kier alpha value is -2.96. The molecular formula is C19H21F2N3O2. The predicted molar refractivity (Wildman–Crippen MR) is 97.2 cm³/mol. The molecule has 138 valence electrons. The molecule has 2 aromatic rings. The van der Waals surface area contributed by atoms with Crippen molar-refractivity contribution in [1.29, 1.82) is 0 Å². The Morgan fingerprint density at radius 3 is 2.88 bits per heavy atom. The van der Waals surface area contributed by atoms with Gasteiger partial charge in [-0.15, -0.1) is 0 Å². The molecule has 0 atom stereocenters. The van der Waals surface area contributed by atoms with E-state index in [2.05, 4.69) is 10.3 Å². The highest BCUT2D eigenvalue weighted by atomic mass is 19.1. The van der Waals surface area contributed by atoms with E-state index in [0.29, 0.717) is 6.61 Å². The predicted octanol–water partition coefficient (Wildman–Crippen LogP) is 4.24. The highest BCUT2D eigenvalue weighted by Gasteiger charge is 2.17. The van der Waals surface area contributed by atoms with Crippen LogP contribution in [-0.4, -0.2) is 17.5 Å². The minimum atomic E-state index is -0.751. The largest absolute Gasteiger partial charge is 0.490 e. The summed E-state index contributed by atoms with van der Waals surface area (Å²) < 4.78 is 33.3. The van der Waals surface area contributed by atoms with Gasteiger partial charge >= 0.3 is 0 Å². The molecule has 5 nitrogen and oxygen atoms in total. The summed E-state index contributed by atoms with van der Waals surface area (Å²) in [5.41, 5.74) is 5.67. The molecule has 0 bridgehead atoms. The molecule has 1 amide bonds. The second-order valence-corrected chi connectivity index (χ2v) is 5.66. The number of ether oxygens (including phenoxy) is 1. The summed E-state index contributed by atoms with van der Waals surface area (Å²) in [7, 11) is 0. The number of aromatic nitrogens is 1. The molecule has 2 rings (SSSR count). The molecule has 1 aromatic carbocycles. The van der Waals surface area contributed by atoms with E-state index in [1.807, 2.05) is 19.1 Å². The van der Waals surface area contributed by atoms with Crippen LogP contribution >= 0.6 is 0 Å². The molecule has 0 spiro atoms. The van der Waals surface area contributed by atoms with Crippen molar-refractivity contribution in [3.8, 4) is 5.75 Å². The second kappa shape index (κ2) is 8.94. The summed E-state index contributed by atoms with van der Waals surface area (Å²) in [4.78, 5) is 15.8. The summed E-state index contributed by atoms with van der Waals surface area (Å²) in [5, 5.41) is 2.42. The number of nitrogens with one attached hydrogen (secondary N) is 1. The number of rotatable bonds is 7. The number of halogens is 2. The Morgan fingerprint density at radius 1 is 1.38 bits per heavy atom. The Labute approximate surface area is 150 Å². The molecule has 0 radical (unpaired) electrons. The average molecular weight is 361 g/mol. The van der Waals surface area contributed by atoms with E-state index in [-0.39, 0.29) is 28.4 Å². The van der Waals surface area contributed by atoms with Gasteiger partial charge < -0.3 is 15.8 Å². The Kier molecular flexibility index (Phi) is 6.66. The minimum absolute atomic E-state index is 0.0269. The van der Waals surface area contributed by atoms with E-state index < -0.39 is 17.7 Å². The lowest BCUT2D eigenvalue weighted by atomic mass is 10.1. The number of aryl methyl sites for hydroxylation is 1. The van der Waals surface area contributed by atoms with Gasteiger partial charge in [-0.3, -0.25) is 4.79 Å². The summed E-state index contributed by atoms with van der Waals surface area (Å²) in [6.45, 7) is 3.74. The topological polar surface area (TPSA) is 77.2 Å². The number of unbranched alkanes of at least 4 members (excludes halogenated alkanes) is 1. The van der Waals surface area contributed by atoms with Crippen LogP contribution < -0.4 is 15.8 Å². The van der Waals surface area contributed by atoms with E-state index in [4.69, 9.17) is 10.5 Å². The molecule has 0 saturated carbocycles. The molecule has 0 unspecified atom stereocenters. The first-order valence-corrected chi connectivity index (χ1v) is 8.20. The fourth-order valence-electron chi connectivity index (χ4n) is 2.24. The van der Waals surface area contributed by atoms with Gasteiger partial charge in [0, 0.05) is 5.56 Å². The molecule has 1 aromatic heterocycles. The highest BCUT2D eigenvalue weighted by molar-refractivity contribution is 6.07. The van der Waals surface area contributed by atoms with Gasteiger partial charge in [0.25, 0.3) is 5.91 Å². The zero-order valence-electron chi connectivity index (χ0n) is 14.7. The third-order valence-electron chi connectivity index (χ3n) is 3.65. The van der Waals surface area contributed by atoms with Crippen LogP contribution in [0.1, 0.15) is 35.7 Å². The van der Waals surface area contributed by atoms with Crippen molar-refractivity contribution >= 4 is 17.4 Å². The lowest BCUT2D eigenvalue weighted by Crippen LogP contribution is -2.17. The SMILES string of the molecule is CC=CCCCOc1cccc(NC(=O)c2cc(C)c(F)nc2N)c1F. The fourth-order valence-corrected chi connectivity index (χ4v) is 2.24. The standard InChI is InChI=1S/C19H21F2N3O2/c1-3-4-5-6-10-26-15-9-7-8-14(16(15)20)23-19(25)13-11-12(2)17(21)24-18(13)22/h3-4,7-9,11H,5-6,10H2,1-2H3,(H2,22,24)(H,23,25). The first-order valence-electron chi connectivity index (χ1n) is 8.20. The number of allylic oxidation sites excluding steroid dienone is 2. The normalized spacial score (nSPS) is 10.9. The van der Waals surface area contributed by atoms with E-state index >= 15 is 0 Å². The number of nitrogen functional groups attached to an aromatic ring is 1. The zero-order valence-corrected chi connectivity index (χ0v) is 14.7. The van der Waals surface area contributed by atoms with E-state index in [0.717, 1.165) is 12.8 Å². The van der Waals surface area contributed by atoms with Crippen molar-refractivity contribution in [1.82, 2.24) is 4.98 Å². The van der Waals surface area contributed by atoms with Crippen LogP contribution in [0.15, 0.2) is 36.4 Å². The number of anilines is 2. The average Bonchev–Trinajstić information content (AvgIpc) is 2.60.